The summed E-state index contributed by atoms with van der Waals surface area (Å²) >= 11 is 1.13. The molecule has 0 aliphatic carbocycles. The van der Waals surface area contributed by atoms with E-state index >= 15 is 0 Å². The van der Waals surface area contributed by atoms with Crippen LogP contribution in [0.1, 0.15) is 22.8 Å². The van der Waals surface area contributed by atoms with Crippen LogP contribution >= 0.6 is 11.3 Å². The van der Waals surface area contributed by atoms with Gasteiger partial charge in [-0.05, 0) is 49.4 Å². The summed E-state index contributed by atoms with van der Waals surface area (Å²) in [5.41, 5.74) is -0.105. The van der Waals surface area contributed by atoms with Gasteiger partial charge in [-0.25, -0.2) is 4.39 Å². The third-order valence-electron chi connectivity index (χ3n) is 3.96. The van der Waals surface area contributed by atoms with E-state index in [1.807, 2.05) is 6.92 Å². The van der Waals surface area contributed by atoms with E-state index in [0.29, 0.717) is 34.8 Å². The van der Waals surface area contributed by atoms with E-state index in [9.17, 15) is 22.4 Å². The molecule has 0 spiro atoms. The van der Waals surface area contributed by atoms with Gasteiger partial charge in [-0.2, -0.15) is 18.2 Å². The number of thiazole rings is 1. The molecule has 1 heterocycles. The first-order valence-corrected chi connectivity index (χ1v) is 9.24. The highest BCUT2D eigenvalue weighted by molar-refractivity contribution is 7.16. The Hall–Kier alpha value is -2.52. The molecule has 0 fully saturated rings. The SMILES string of the molecule is CCOCCn1c(=NC(=O)c2ccc(C(F)(F)F)cc2)sc2cc(F)ccc21. The average molecular weight is 412 g/mol. The van der Waals surface area contributed by atoms with Crippen molar-refractivity contribution in [2.45, 2.75) is 19.6 Å². The van der Waals surface area contributed by atoms with Crippen LogP contribution in [0.25, 0.3) is 10.2 Å². The summed E-state index contributed by atoms with van der Waals surface area (Å²) in [7, 11) is 0. The van der Waals surface area contributed by atoms with E-state index in [1.54, 1.807) is 10.6 Å². The van der Waals surface area contributed by atoms with Gasteiger partial charge in [-0.1, -0.05) is 11.3 Å². The van der Waals surface area contributed by atoms with Crippen molar-refractivity contribution in [3.63, 3.8) is 0 Å². The molecule has 1 aromatic heterocycles. The largest absolute Gasteiger partial charge is 0.416 e. The Kier molecular flexibility index (Phi) is 5.95. The number of carbonyl (C=O) groups excluding carboxylic acids is 1. The van der Waals surface area contributed by atoms with E-state index in [2.05, 4.69) is 4.99 Å². The van der Waals surface area contributed by atoms with Crippen molar-refractivity contribution in [1.29, 1.82) is 0 Å². The van der Waals surface area contributed by atoms with Crippen LogP contribution in [-0.4, -0.2) is 23.7 Å². The Balaban J connectivity index is 1.99. The number of amides is 1. The van der Waals surface area contributed by atoms with Crippen molar-refractivity contribution in [1.82, 2.24) is 4.57 Å². The van der Waals surface area contributed by atoms with Gasteiger partial charge >= 0.3 is 6.18 Å². The van der Waals surface area contributed by atoms with Gasteiger partial charge in [0.1, 0.15) is 5.82 Å². The Morgan fingerprint density at radius 1 is 1.18 bits per heavy atom. The molecular formula is C19H16F4N2O2S. The molecule has 28 heavy (non-hydrogen) atoms. The van der Waals surface area contributed by atoms with E-state index in [0.717, 1.165) is 35.6 Å². The van der Waals surface area contributed by atoms with E-state index < -0.39 is 23.5 Å². The van der Waals surface area contributed by atoms with Gasteiger partial charge in [0.05, 0.1) is 22.4 Å². The second-order valence-electron chi connectivity index (χ2n) is 5.84. The van der Waals surface area contributed by atoms with Crippen molar-refractivity contribution in [3.05, 3.63) is 64.2 Å². The molecule has 0 unspecified atom stereocenters. The zero-order valence-corrected chi connectivity index (χ0v) is 15.6. The number of fused-ring (bicyclic) bond motifs is 1. The highest BCUT2D eigenvalue weighted by atomic mass is 32.1. The molecule has 3 rings (SSSR count). The number of hydrogen-bond acceptors (Lipinski definition) is 3. The monoisotopic (exact) mass is 412 g/mol. The minimum Gasteiger partial charge on any atom is -0.380 e. The maximum absolute atomic E-state index is 13.5. The molecule has 0 saturated carbocycles. The molecule has 2 aromatic carbocycles. The van der Waals surface area contributed by atoms with Crippen LogP contribution in [0.5, 0.6) is 0 Å². The lowest BCUT2D eigenvalue weighted by Gasteiger charge is -2.06. The molecule has 148 valence electrons. The van der Waals surface area contributed by atoms with Crippen molar-refractivity contribution in [3.8, 4) is 0 Å². The van der Waals surface area contributed by atoms with Crippen LogP contribution in [0.3, 0.4) is 0 Å². The number of carbonyl (C=O) groups is 1. The molecule has 0 aliphatic heterocycles. The average Bonchev–Trinajstić information content (AvgIpc) is 2.97. The molecule has 0 bridgehead atoms. The van der Waals surface area contributed by atoms with Crippen LogP contribution in [0.2, 0.25) is 0 Å². The van der Waals surface area contributed by atoms with Crippen LogP contribution < -0.4 is 4.80 Å². The Labute approximate surface area is 161 Å². The molecule has 0 aliphatic rings. The maximum Gasteiger partial charge on any atom is 0.416 e. The van der Waals surface area contributed by atoms with E-state index in [1.165, 1.54) is 12.1 Å². The summed E-state index contributed by atoms with van der Waals surface area (Å²) in [5.74, 6) is -1.09. The fourth-order valence-corrected chi connectivity index (χ4v) is 3.68. The summed E-state index contributed by atoms with van der Waals surface area (Å²) in [4.78, 5) is 16.8. The van der Waals surface area contributed by atoms with Gasteiger partial charge in [0.2, 0.25) is 0 Å². The van der Waals surface area contributed by atoms with Gasteiger partial charge in [0.15, 0.2) is 4.80 Å². The quantitative estimate of drug-likeness (QED) is 0.453. The number of rotatable bonds is 5. The molecule has 9 heteroatoms. The lowest BCUT2D eigenvalue weighted by Crippen LogP contribution is -2.19. The first-order chi connectivity index (χ1) is 13.3. The molecule has 0 saturated heterocycles. The van der Waals surface area contributed by atoms with Gasteiger partial charge in [-0.15, -0.1) is 0 Å². The number of benzene rings is 2. The molecular weight excluding hydrogens is 396 g/mol. The zero-order valence-electron chi connectivity index (χ0n) is 14.8. The number of nitrogens with zero attached hydrogens (tertiary/aromatic N) is 2. The summed E-state index contributed by atoms with van der Waals surface area (Å²) in [6.45, 7) is 3.15. The molecule has 4 nitrogen and oxygen atoms in total. The van der Waals surface area contributed by atoms with Crippen molar-refractivity contribution >= 4 is 27.5 Å². The number of halogens is 4. The second kappa shape index (κ2) is 8.24. The fourth-order valence-electron chi connectivity index (χ4n) is 2.60. The van der Waals surface area contributed by atoms with Gasteiger partial charge in [-0.3, -0.25) is 4.79 Å². The van der Waals surface area contributed by atoms with Crippen molar-refractivity contribution in [2.75, 3.05) is 13.2 Å². The van der Waals surface area contributed by atoms with Crippen molar-refractivity contribution < 1.29 is 27.1 Å². The number of alkyl halides is 3. The first-order valence-electron chi connectivity index (χ1n) is 8.42. The molecule has 1 amide bonds. The second-order valence-corrected chi connectivity index (χ2v) is 6.85. The van der Waals surface area contributed by atoms with Crippen molar-refractivity contribution in [2.24, 2.45) is 4.99 Å². The summed E-state index contributed by atoms with van der Waals surface area (Å²) in [5, 5.41) is 0. The third kappa shape index (κ3) is 4.48. The lowest BCUT2D eigenvalue weighted by atomic mass is 10.1. The van der Waals surface area contributed by atoms with Gasteiger partial charge in [0.25, 0.3) is 5.91 Å². The minimum absolute atomic E-state index is 0.0352. The number of hydrogen-bond donors (Lipinski definition) is 0. The fraction of sp³-hybridized carbons (Fsp3) is 0.263. The van der Waals surface area contributed by atoms with Gasteiger partial charge < -0.3 is 9.30 Å². The van der Waals surface area contributed by atoms with Crippen LogP contribution in [-0.2, 0) is 17.5 Å². The standard InChI is InChI=1S/C19H16F4N2O2S/c1-2-27-10-9-25-15-8-7-14(20)11-16(15)28-18(25)24-17(26)12-3-5-13(6-4-12)19(21,22)23/h3-8,11H,2,9-10H2,1H3. The topological polar surface area (TPSA) is 43.6 Å². The Bertz CT molecular complexity index is 1050. The molecule has 3 aromatic rings. The maximum atomic E-state index is 13.5. The summed E-state index contributed by atoms with van der Waals surface area (Å²) < 4.78 is 59.2. The summed E-state index contributed by atoms with van der Waals surface area (Å²) in [6.07, 6.45) is -4.48. The van der Waals surface area contributed by atoms with Crippen LogP contribution in [0.15, 0.2) is 47.5 Å². The van der Waals surface area contributed by atoms with Crippen LogP contribution in [0.4, 0.5) is 17.6 Å². The minimum atomic E-state index is -4.48. The highest BCUT2D eigenvalue weighted by Crippen LogP contribution is 2.29. The Morgan fingerprint density at radius 2 is 1.89 bits per heavy atom. The third-order valence-corrected chi connectivity index (χ3v) is 5.01. The highest BCUT2D eigenvalue weighted by Gasteiger charge is 2.30. The number of aromatic nitrogens is 1. The molecule has 0 atom stereocenters. The van der Waals surface area contributed by atoms with Gasteiger partial charge in [0, 0.05) is 18.7 Å². The molecule has 0 radical (unpaired) electrons. The normalized spacial score (nSPS) is 12.7. The number of ether oxygens (including phenoxy) is 1. The first kappa shape index (κ1) is 20.2. The summed E-state index contributed by atoms with van der Waals surface area (Å²) in [6, 6.07) is 8.11. The zero-order chi connectivity index (χ0) is 20.3. The smallest absolute Gasteiger partial charge is 0.380 e. The molecule has 0 N–H and O–H groups in total. The predicted molar refractivity (Wildman–Crippen MR) is 97.6 cm³/mol. The Morgan fingerprint density at radius 3 is 2.54 bits per heavy atom. The lowest BCUT2D eigenvalue weighted by molar-refractivity contribution is -0.137. The van der Waals surface area contributed by atoms with Crippen LogP contribution in [0, 0.1) is 5.82 Å². The predicted octanol–water partition coefficient (Wildman–Crippen LogP) is 4.64. The van der Waals surface area contributed by atoms with E-state index in [4.69, 9.17) is 4.74 Å². The van der Waals surface area contributed by atoms with E-state index in [-0.39, 0.29) is 5.56 Å².